The number of thiophene rings is 1. The standard InChI is InChI=1S/C15H27NS/c1-12-11-14(13(2)17-12)9-7-6-8-10-16-15(3,4)5/h11,16H,6-10H2,1-5H3. The molecule has 0 aliphatic heterocycles. The van der Waals surface area contributed by atoms with Crippen LogP contribution in [0.25, 0.3) is 0 Å². The molecule has 1 rings (SSSR count). The average molecular weight is 253 g/mol. The lowest BCUT2D eigenvalue weighted by molar-refractivity contribution is 0.417. The molecule has 1 N–H and O–H groups in total. The van der Waals surface area contributed by atoms with Crippen LogP contribution in [0, 0.1) is 13.8 Å². The fraction of sp³-hybridized carbons (Fsp3) is 0.733. The zero-order valence-corrected chi connectivity index (χ0v) is 12.8. The second-order valence-electron chi connectivity index (χ2n) is 5.93. The van der Waals surface area contributed by atoms with Crippen molar-refractivity contribution < 1.29 is 0 Å². The highest BCUT2D eigenvalue weighted by molar-refractivity contribution is 7.12. The maximum atomic E-state index is 3.54. The summed E-state index contributed by atoms with van der Waals surface area (Å²) < 4.78 is 0. The predicted octanol–water partition coefficient (Wildman–Crippen LogP) is 4.47. The van der Waals surface area contributed by atoms with Gasteiger partial charge in [0.1, 0.15) is 0 Å². The summed E-state index contributed by atoms with van der Waals surface area (Å²) in [6, 6.07) is 2.35. The molecule has 0 unspecified atom stereocenters. The Morgan fingerprint density at radius 3 is 2.35 bits per heavy atom. The summed E-state index contributed by atoms with van der Waals surface area (Å²) in [6.07, 6.45) is 5.20. The molecule has 1 heterocycles. The molecule has 0 saturated heterocycles. The van der Waals surface area contributed by atoms with E-state index in [9.17, 15) is 0 Å². The van der Waals surface area contributed by atoms with Gasteiger partial charge >= 0.3 is 0 Å². The molecular formula is C15H27NS. The zero-order valence-electron chi connectivity index (χ0n) is 12.0. The van der Waals surface area contributed by atoms with Crippen LogP contribution in [0.1, 0.15) is 55.4 Å². The third-order valence-electron chi connectivity index (χ3n) is 2.92. The van der Waals surface area contributed by atoms with Gasteiger partial charge in [-0.15, -0.1) is 11.3 Å². The van der Waals surface area contributed by atoms with Crippen molar-refractivity contribution in [1.82, 2.24) is 5.32 Å². The van der Waals surface area contributed by atoms with Crippen LogP contribution in [0.5, 0.6) is 0 Å². The van der Waals surface area contributed by atoms with Crippen molar-refractivity contribution in [2.24, 2.45) is 0 Å². The van der Waals surface area contributed by atoms with E-state index in [0.717, 1.165) is 6.54 Å². The number of rotatable bonds is 6. The van der Waals surface area contributed by atoms with E-state index >= 15 is 0 Å². The maximum Gasteiger partial charge on any atom is 0.00965 e. The molecule has 2 heteroatoms. The van der Waals surface area contributed by atoms with Crippen molar-refractivity contribution >= 4 is 11.3 Å². The van der Waals surface area contributed by atoms with Gasteiger partial charge in [0.15, 0.2) is 0 Å². The van der Waals surface area contributed by atoms with Crippen LogP contribution in [0.15, 0.2) is 6.07 Å². The first-order valence-corrected chi connectivity index (χ1v) is 7.51. The molecule has 0 aromatic carbocycles. The third-order valence-corrected chi connectivity index (χ3v) is 3.93. The first-order valence-electron chi connectivity index (χ1n) is 6.69. The number of unbranched alkanes of at least 4 members (excludes halogenated alkanes) is 2. The quantitative estimate of drug-likeness (QED) is 0.738. The highest BCUT2D eigenvalue weighted by atomic mass is 32.1. The van der Waals surface area contributed by atoms with Gasteiger partial charge in [0.05, 0.1) is 0 Å². The zero-order chi connectivity index (χ0) is 12.9. The molecule has 0 radical (unpaired) electrons. The van der Waals surface area contributed by atoms with Gasteiger partial charge in [-0.1, -0.05) is 6.42 Å². The molecule has 1 aromatic rings. The Labute approximate surface area is 111 Å². The predicted molar refractivity (Wildman–Crippen MR) is 79.1 cm³/mol. The fourth-order valence-corrected chi connectivity index (χ4v) is 2.99. The molecule has 98 valence electrons. The van der Waals surface area contributed by atoms with E-state index in [2.05, 4.69) is 46.0 Å². The molecule has 0 saturated carbocycles. The van der Waals surface area contributed by atoms with Gasteiger partial charge in [-0.3, -0.25) is 0 Å². The summed E-state index contributed by atoms with van der Waals surface area (Å²) in [5, 5.41) is 3.54. The summed E-state index contributed by atoms with van der Waals surface area (Å²) in [7, 11) is 0. The van der Waals surface area contributed by atoms with Gasteiger partial charge in [-0.05, 0) is 72.1 Å². The summed E-state index contributed by atoms with van der Waals surface area (Å²) in [6.45, 7) is 12.3. The Morgan fingerprint density at radius 1 is 1.12 bits per heavy atom. The number of nitrogens with one attached hydrogen (secondary N) is 1. The molecule has 1 aromatic heterocycles. The molecule has 0 amide bonds. The Bertz CT molecular complexity index is 333. The van der Waals surface area contributed by atoms with E-state index in [1.54, 1.807) is 5.56 Å². The van der Waals surface area contributed by atoms with Crippen LogP contribution in [0.4, 0.5) is 0 Å². The summed E-state index contributed by atoms with van der Waals surface area (Å²) in [5.74, 6) is 0. The Hall–Kier alpha value is -0.340. The minimum absolute atomic E-state index is 0.265. The molecular weight excluding hydrogens is 226 g/mol. The number of hydrogen-bond acceptors (Lipinski definition) is 2. The van der Waals surface area contributed by atoms with E-state index in [-0.39, 0.29) is 5.54 Å². The Morgan fingerprint density at radius 2 is 1.82 bits per heavy atom. The van der Waals surface area contributed by atoms with E-state index in [1.807, 2.05) is 11.3 Å². The lowest BCUT2D eigenvalue weighted by Gasteiger charge is -2.20. The van der Waals surface area contributed by atoms with Gasteiger partial charge in [-0.25, -0.2) is 0 Å². The number of aryl methyl sites for hydroxylation is 3. The molecule has 0 bridgehead atoms. The van der Waals surface area contributed by atoms with Gasteiger partial charge in [0.2, 0.25) is 0 Å². The summed E-state index contributed by atoms with van der Waals surface area (Å²) in [4.78, 5) is 2.96. The lowest BCUT2D eigenvalue weighted by atomic mass is 10.1. The molecule has 0 atom stereocenters. The Kier molecular flexibility index (Phi) is 5.68. The van der Waals surface area contributed by atoms with Crippen LogP contribution in [0.2, 0.25) is 0 Å². The highest BCUT2D eigenvalue weighted by Crippen LogP contribution is 2.22. The van der Waals surface area contributed by atoms with E-state index in [0.29, 0.717) is 0 Å². The molecule has 0 aliphatic carbocycles. The lowest BCUT2D eigenvalue weighted by Crippen LogP contribution is -2.36. The Balaban J connectivity index is 2.11. The van der Waals surface area contributed by atoms with E-state index in [1.165, 1.54) is 35.4 Å². The topological polar surface area (TPSA) is 12.0 Å². The summed E-state index contributed by atoms with van der Waals surface area (Å²) in [5.41, 5.74) is 1.83. The van der Waals surface area contributed by atoms with Gasteiger partial charge in [0.25, 0.3) is 0 Å². The largest absolute Gasteiger partial charge is 0.312 e. The van der Waals surface area contributed by atoms with Crippen LogP contribution in [0.3, 0.4) is 0 Å². The van der Waals surface area contributed by atoms with Gasteiger partial charge < -0.3 is 5.32 Å². The number of hydrogen-bond donors (Lipinski definition) is 1. The first-order chi connectivity index (χ1) is 7.88. The van der Waals surface area contributed by atoms with Crippen molar-refractivity contribution in [2.75, 3.05) is 6.54 Å². The van der Waals surface area contributed by atoms with Crippen molar-refractivity contribution in [1.29, 1.82) is 0 Å². The monoisotopic (exact) mass is 253 g/mol. The maximum absolute atomic E-state index is 3.54. The highest BCUT2D eigenvalue weighted by Gasteiger charge is 2.07. The third kappa shape index (κ3) is 6.23. The second-order valence-corrected chi connectivity index (χ2v) is 7.39. The molecule has 17 heavy (non-hydrogen) atoms. The first kappa shape index (κ1) is 14.7. The van der Waals surface area contributed by atoms with Crippen LogP contribution in [-0.2, 0) is 6.42 Å². The van der Waals surface area contributed by atoms with E-state index in [4.69, 9.17) is 0 Å². The van der Waals surface area contributed by atoms with E-state index < -0.39 is 0 Å². The normalized spacial score (nSPS) is 12.1. The van der Waals surface area contributed by atoms with Crippen molar-refractivity contribution in [3.8, 4) is 0 Å². The average Bonchev–Trinajstić information content (AvgIpc) is 2.49. The fourth-order valence-electron chi connectivity index (χ4n) is 2.01. The molecule has 0 spiro atoms. The van der Waals surface area contributed by atoms with Crippen LogP contribution >= 0.6 is 11.3 Å². The van der Waals surface area contributed by atoms with Crippen LogP contribution < -0.4 is 5.32 Å². The van der Waals surface area contributed by atoms with Crippen molar-refractivity contribution in [2.45, 2.75) is 65.8 Å². The van der Waals surface area contributed by atoms with Crippen LogP contribution in [-0.4, -0.2) is 12.1 Å². The van der Waals surface area contributed by atoms with Crippen molar-refractivity contribution in [3.63, 3.8) is 0 Å². The minimum atomic E-state index is 0.265. The molecule has 1 nitrogen and oxygen atoms in total. The summed E-state index contributed by atoms with van der Waals surface area (Å²) >= 11 is 1.93. The molecule has 0 fully saturated rings. The van der Waals surface area contributed by atoms with Gasteiger partial charge in [0, 0.05) is 15.3 Å². The van der Waals surface area contributed by atoms with Crippen molar-refractivity contribution in [3.05, 3.63) is 21.4 Å². The second kappa shape index (κ2) is 6.55. The smallest absolute Gasteiger partial charge is 0.00965 e. The van der Waals surface area contributed by atoms with Gasteiger partial charge in [-0.2, -0.15) is 0 Å². The molecule has 0 aliphatic rings. The minimum Gasteiger partial charge on any atom is -0.312 e. The SMILES string of the molecule is Cc1cc(CCCCCNC(C)(C)C)c(C)s1.